The predicted molar refractivity (Wildman–Crippen MR) is 49.9 cm³/mol. The second-order valence-electron chi connectivity index (χ2n) is 4.05. The van der Waals surface area contributed by atoms with Gasteiger partial charge in [0.15, 0.2) is 0 Å². The van der Waals surface area contributed by atoms with E-state index < -0.39 is 5.97 Å². The van der Waals surface area contributed by atoms with Gasteiger partial charge >= 0.3 is 0 Å². The fraction of sp³-hybridized carbons (Fsp3) is 0.889. The molecule has 0 aliphatic carbocycles. The van der Waals surface area contributed by atoms with Gasteiger partial charge in [0.25, 0.3) is 0 Å². The lowest BCUT2D eigenvalue weighted by atomic mass is 10.3. The number of carboxylic acid groups (broad SMARTS) is 1. The molecule has 1 atom stereocenters. The number of aliphatic hydroxyl groups excluding tert-OH is 1. The number of quaternary nitrogens is 1. The first kappa shape index (κ1) is 14.9. The van der Waals surface area contributed by atoms with Gasteiger partial charge in [0.05, 0.1) is 21.1 Å². The van der Waals surface area contributed by atoms with Crippen molar-refractivity contribution < 1.29 is 19.5 Å². The number of carbonyl (C=O) groups excluding carboxylic acids is 1. The summed E-state index contributed by atoms with van der Waals surface area (Å²) in [5.41, 5.74) is 0. The first-order valence-corrected chi connectivity index (χ1v) is 4.37. The number of aliphatic hydroxyl groups is 1. The molecule has 0 saturated heterocycles. The third kappa shape index (κ3) is 24.6. The lowest BCUT2D eigenvalue weighted by Crippen LogP contribution is -2.40. The molecule has 0 aliphatic heterocycles. The van der Waals surface area contributed by atoms with Crippen molar-refractivity contribution in [3.63, 3.8) is 0 Å². The van der Waals surface area contributed by atoms with Crippen molar-refractivity contribution in [2.45, 2.75) is 26.4 Å². The van der Waals surface area contributed by atoms with Crippen LogP contribution in [0.3, 0.4) is 0 Å². The van der Waals surface area contributed by atoms with E-state index in [9.17, 15) is 9.90 Å². The molecule has 0 aliphatic rings. The van der Waals surface area contributed by atoms with Crippen LogP contribution in [0.5, 0.6) is 0 Å². The Kier molecular flexibility index (Phi) is 7.85. The molecule has 0 aromatic carbocycles. The van der Waals surface area contributed by atoms with Gasteiger partial charge in [-0.2, -0.15) is 0 Å². The summed E-state index contributed by atoms with van der Waals surface area (Å²) < 4.78 is 0.831. The lowest BCUT2D eigenvalue weighted by molar-refractivity contribution is -0.873. The second kappa shape index (κ2) is 6.86. The first-order chi connectivity index (χ1) is 5.69. The Bertz CT molecular complexity index is 138. The maximum atomic E-state index is 9.26. The van der Waals surface area contributed by atoms with Gasteiger partial charge in [-0.25, -0.2) is 0 Å². The number of carboxylic acids is 1. The number of rotatable bonds is 3. The van der Waals surface area contributed by atoms with Crippen LogP contribution in [-0.4, -0.2) is 49.4 Å². The average Bonchev–Trinajstić information content (AvgIpc) is 1.83. The van der Waals surface area contributed by atoms with Gasteiger partial charge in [-0.3, -0.25) is 0 Å². The van der Waals surface area contributed by atoms with Crippen LogP contribution in [0.25, 0.3) is 0 Å². The maximum absolute atomic E-state index is 9.26. The molecular weight excluding hydrogens is 170 g/mol. The molecule has 0 amide bonds. The predicted octanol–water partition coefficient (Wildman–Crippen LogP) is -0.780. The van der Waals surface area contributed by atoms with E-state index in [-0.39, 0.29) is 12.5 Å². The van der Waals surface area contributed by atoms with Crippen molar-refractivity contribution in [1.82, 2.24) is 0 Å². The highest BCUT2D eigenvalue weighted by Gasteiger charge is 2.09. The van der Waals surface area contributed by atoms with E-state index in [4.69, 9.17) is 5.11 Å². The van der Waals surface area contributed by atoms with E-state index in [2.05, 4.69) is 21.1 Å². The molecule has 0 spiro atoms. The highest BCUT2D eigenvalue weighted by molar-refractivity contribution is 5.63. The number of hydrogen-bond donors (Lipinski definition) is 1. The van der Waals surface area contributed by atoms with Crippen LogP contribution >= 0.6 is 0 Å². The van der Waals surface area contributed by atoms with E-state index in [1.165, 1.54) is 6.92 Å². The SMILES string of the molecule is CC(O)C[N+](C)(C)C.CCC(=O)[O-]. The molecule has 4 heteroatoms. The van der Waals surface area contributed by atoms with Crippen LogP contribution in [0.15, 0.2) is 0 Å². The second-order valence-corrected chi connectivity index (χ2v) is 4.05. The fourth-order valence-electron chi connectivity index (χ4n) is 0.793. The zero-order chi connectivity index (χ0) is 11.1. The Morgan fingerprint density at radius 1 is 1.46 bits per heavy atom. The Morgan fingerprint density at radius 3 is 1.77 bits per heavy atom. The molecule has 0 aromatic rings. The van der Waals surface area contributed by atoms with Gasteiger partial charge in [0, 0.05) is 5.97 Å². The smallest absolute Gasteiger partial charge is 0.104 e. The molecule has 0 radical (unpaired) electrons. The minimum atomic E-state index is -0.995. The van der Waals surface area contributed by atoms with Gasteiger partial charge in [0.2, 0.25) is 0 Å². The van der Waals surface area contributed by atoms with Gasteiger partial charge in [-0.1, -0.05) is 6.92 Å². The molecule has 0 saturated carbocycles. The molecule has 0 heterocycles. The van der Waals surface area contributed by atoms with Crippen LogP contribution in [0.1, 0.15) is 20.3 Å². The number of nitrogens with zero attached hydrogens (tertiary/aromatic N) is 1. The summed E-state index contributed by atoms with van der Waals surface area (Å²) in [4.78, 5) is 9.26. The highest BCUT2D eigenvalue weighted by Crippen LogP contribution is 1.92. The number of hydrogen-bond acceptors (Lipinski definition) is 3. The molecule has 0 rings (SSSR count). The van der Waals surface area contributed by atoms with Crippen LogP contribution in [0, 0.1) is 0 Å². The number of aliphatic carboxylic acids is 1. The molecule has 0 fully saturated rings. The van der Waals surface area contributed by atoms with Crippen molar-refractivity contribution in [2.75, 3.05) is 27.7 Å². The Labute approximate surface area is 80.4 Å². The summed E-state index contributed by atoms with van der Waals surface area (Å²) in [6, 6.07) is 0. The van der Waals surface area contributed by atoms with Gasteiger partial charge in [-0.15, -0.1) is 0 Å². The molecule has 0 bridgehead atoms. The molecule has 13 heavy (non-hydrogen) atoms. The fourth-order valence-corrected chi connectivity index (χ4v) is 0.793. The van der Waals surface area contributed by atoms with Gasteiger partial charge in [-0.05, 0) is 13.3 Å². The van der Waals surface area contributed by atoms with Crippen LogP contribution < -0.4 is 5.11 Å². The van der Waals surface area contributed by atoms with E-state index in [1.54, 1.807) is 0 Å². The average molecular weight is 191 g/mol. The van der Waals surface area contributed by atoms with Gasteiger partial charge in [0.1, 0.15) is 12.6 Å². The lowest BCUT2D eigenvalue weighted by Gasteiger charge is -2.24. The number of likely N-dealkylation sites (N-methyl/N-ethyl adjacent to an activating group) is 1. The van der Waals surface area contributed by atoms with Crippen molar-refractivity contribution >= 4 is 5.97 Å². The van der Waals surface area contributed by atoms with Crippen LogP contribution in [0.2, 0.25) is 0 Å². The Morgan fingerprint density at radius 2 is 1.77 bits per heavy atom. The first-order valence-electron chi connectivity index (χ1n) is 4.37. The summed E-state index contributed by atoms with van der Waals surface area (Å²) in [6.07, 6.45) is -0.0741. The minimum Gasteiger partial charge on any atom is -0.550 e. The van der Waals surface area contributed by atoms with Crippen LogP contribution in [0.4, 0.5) is 0 Å². The van der Waals surface area contributed by atoms with Crippen molar-refractivity contribution in [3.05, 3.63) is 0 Å². The zero-order valence-corrected chi connectivity index (χ0v) is 9.20. The molecule has 1 N–H and O–H groups in total. The highest BCUT2D eigenvalue weighted by atomic mass is 16.4. The standard InChI is InChI=1S/C6H16NO.C3H6O2/c1-6(8)5-7(2,3)4;1-2-3(4)5/h6,8H,5H2,1-4H3;2H2,1H3,(H,4,5)/q+1;/p-1. The van der Waals surface area contributed by atoms with E-state index in [0.29, 0.717) is 0 Å². The summed E-state index contributed by atoms with van der Waals surface area (Å²) in [5.74, 6) is -0.995. The quantitative estimate of drug-likeness (QED) is 0.595. The van der Waals surface area contributed by atoms with Crippen molar-refractivity contribution in [2.24, 2.45) is 0 Å². The van der Waals surface area contributed by atoms with Crippen molar-refractivity contribution in [1.29, 1.82) is 0 Å². The number of carbonyl (C=O) groups is 1. The molecule has 4 nitrogen and oxygen atoms in total. The summed E-state index contributed by atoms with van der Waals surface area (Å²) >= 11 is 0. The summed E-state index contributed by atoms with van der Waals surface area (Å²) in [7, 11) is 6.19. The third-order valence-corrected chi connectivity index (χ3v) is 1.10. The Hall–Kier alpha value is -0.610. The van der Waals surface area contributed by atoms with Gasteiger partial charge < -0.3 is 19.5 Å². The summed E-state index contributed by atoms with van der Waals surface area (Å²) in [5, 5.41) is 18.1. The zero-order valence-electron chi connectivity index (χ0n) is 9.20. The summed E-state index contributed by atoms with van der Waals surface area (Å²) in [6.45, 7) is 4.17. The topological polar surface area (TPSA) is 60.4 Å². The molecule has 80 valence electrons. The van der Waals surface area contributed by atoms with E-state index in [0.717, 1.165) is 11.0 Å². The van der Waals surface area contributed by atoms with Crippen LogP contribution in [-0.2, 0) is 4.79 Å². The van der Waals surface area contributed by atoms with E-state index in [1.807, 2.05) is 6.92 Å². The third-order valence-electron chi connectivity index (χ3n) is 1.10. The Balaban J connectivity index is 0. The maximum Gasteiger partial charge on any atom is 0.104 e. The van der Waals surface area contributed by atoms with Crippen molar-refractivity contribution in [3.8, 4) is 0 Å². The molecular formula is C9H21NO3. The largest absolute Gasteiger partial charge is 0.550 e. The molecule has 0 aromatic heterocycles. The van der Waals surface area contributed by atoms with E-state index >= 15 is 0 Å². The monoisotopic (exact) mass is 191 g/mol. The molecule has 1 unspecified atom stereocenters. The normalized spacial score (nSPS) is 12.8. The minimum absolute atomic E-state index is 0.111.